The molecule has 0 aromatic carbocycles. The van der Waals surface area contributed by atoms with Crippen LogP contribution in [0.5, 0.6) is 0 Å². The smallest absolute Gasteiger partial charge is 0.462 e. The van der Waals surface area contributed by atoms with Gasteiger partial charge in [-0.2, -0.15) is 0 Å². The maximum Gasteiger partial charge on any atom is 0.472 e. The fraction of sp³-hybridized carbons (Fsp3) is 0.833. The van der Waals surface area contributed by atoms with Crippen molar-refractivity contribution in [2.45, 2.75) is 174 Å². The van der Waals surface area contributed by atoms with Gasteiger partial charge in [-0.05, 0) is 44.9 Å². The molecule has 0 radical (unpaired) electrons. The van der Waals surface area contributed by atoms with Crippen LogP contribution in [-0.4, -0.2) is 43.3 Å². The van der Waals surface area contributed by atoms with Gasteiger partial charge in [0, 0.05) is 20.0 Å². The zero-order chi connectivity index (χ0) is 33.3. The van der Waals surface area contributed by atoms with E-state index in [0.29, 0.717) is 12.8 Å². The van der Waals surface area contributed by atoms with E-state index in [1.54, 1.807) is 0 Å². The van der Waals surface area contributed by atoms with E-state index >= 15 is 0 Å². The molecule has 0 aliphatic heterocycles. The molecule has 0 aliphatic carbocycles. The minimum absolute atomic E-state index is 0.228. The van der Waals surface area contributed by atoms with Gasteiger partial charge >= 0.3 is 19.8 Å². The first-order chi connectivity index (χ1) is 21.8. The zero-order valence-corrected chi connectivity index (χ0v) is 29.9. The Kier molecular flexibility index (Phi) is 31.4. The molecule has 0 saturated heterocycles. The summed E-state index contributed by atoms with van der Waals surface area (Å²) in [6, 6.07) is 0. The molecule has 0 saturated carbocycles. The quantitative estimate of drug-likeness (QED) is 0.0321. The Morgan fingerprint density at radius 3 is 1.60 bits per heavy atom. The molecule has 9 heteroatoms. The van der Waals surface area contributed by atoms with Crippen molar-refractivity contribution in [1.29, 1.82) is 0 Å². The van der Waals surface area contributed by atoms with Crippen LogP contribution in [0.25, 0.3) is 0 Å². The van der Waals surface area contributed by atoms with Gasteiger partial charge in [0.2, 0.25) is 0 Å². The standard InChI is InChI=1S/C36H67O8P/c1-4-6-8-10-12-14-16-17-18-19-21-23-25-27-29-31-36(38)44-34(33-43-45(39,40)41-3)32-42-35(37)30-28-26-24-22-20-15-13-11-9-7-5-2/h12,14,17-18,34H,4-11,13,15-16,19-33H2,1-3H3,(H,39,40)/b14-12-,18-17-. The molecule has 0 amide bonds. The lowest BCUT2D eigenvalue weighted by molar-refractivity contribution is -0.161. The lowest BCUT2D eigenvalue weighted by atomic mass is 10.1. The highest BCUT2D eigenvalue weighted by Gasteiger charge is 2.24. The molecule has 8 nitrogen and oxygen atoms in total. The Bertz CT molecular complexity index is 798. The van der Waals surface area contributed by atoms with Gasteiger partial charge in [0.25, 0.3) is 0 Å². The van der Waals surface area contributed by atoms with E-state index < -0.39 is 26.5 Å². The second-order valence-electron chi connectivity index (χ2n) is 12.0. The number of carbonyl (C=O) groups excluding carboxylic acids is 2. The highest BCUT2D eigenvalue weighted by molar-refractivity contribution is 7.47. The summed E-state index contributed by atoms with van der Waals surface area (Å²) in [6.45, 7) is 3.83. The Morgan fingerprint density at radius 2 is 1.07 bits per heavy atom. The first-order valence-corrected chi connectivity index (χ1v) is 19.5. The summed E-state index contributed by atoms with van der Waals surface area (Å²) < 4.78 is 31.8. The average molecular weight is 659 g/mol. The summed E-state index contributed by atoms with van der Waals surface area (Å²) in [6.07, 6.45) is 33.7. The van der Waals surface area contributed by atoms with Crippen molar-refractivity contribution >= 4 is 19.8 Å². The Morgan fingerprint density at radius 1 is 0.622 bits per heavy atom. The summed E-state index contributed by atoms with van der Waals surface area (Å²) in [4.78, 5) is 34.2. The van der Waals surface area contributed by atoms with E-state index in [-0.39, 0.29) is 19.0 Å². The van der Waals surface area contributed by atoms with E-state index in [1.807, 2.05) is 0 Å². The van der Waals surface area contributed by atoms with Crippen LogP contribution in [0.4, 0.5) is 0 Å². The van der Waals surface area contributed by atoms with E-state index in [2.05, 4.69) is 42.7 Å². The second kappa shape index (κ2) is 32.5. The summed E-state index contributed by atoms with van der Waals surface area (Å²) >= 11 is 0. The molecule has 0 spiro atoms. The van der Waals surface area contributed by atoms with Crippen LogP contribution in [-0.2, 0) is 32.7 Å². The number of hydrogen-bond acceptors (Lipinski definition) is 7. The van der Waals surface area contributed by atoms with Crippen LogP contribution >= 0.6 is 7.82 Å². The molecule has 0 bridgehead atoms. The van der Waals surface area contributed by atoms with Crippen LogP contribution in [0, 0.1) is 0 Å². The average Bonchev–Trinajstić information content (AvgIpc) is 3.03. The third kappa shape index (κ3) is 32.3. The lowest BCUT2D eigenvalue weighted by Crippen LogP contribution is -2.29. The molecule has 264 valence electrons. The third-order valence-electron chi connectivity index (χ3n) is 7.70. The molecular weight excluding hydrogens is 591 g/mol. The summed E-state index contributed by atoms with van der Waals surface area (Å²) in [5.41, 5.74) is 0. The largest absolute Gasteiger partial charge is 0.472 e. The monoisotopic (exact) mass is 658 g/mol. The maximum absolute atomic E-state index is 12.4. The lowest BCUT2D eigenvalue weighted by Gasteiger charge is -2.19. The van der Waals surface area contributed by atoms with Crippen LogP contribution < -0.4 is 0 Å². The molecule has 2 atom stereocenters. The van der Waals surface area contributed by atoms with Crippen molar-refractivity contribution in [2.24, 2.45) is 0 Å². The molecule has 45 heavy (non-hydrogen) atoms. The second-order valence-corrected chi connectivity index (χ2v) is 13.6. The van der Waals surface area contributed by atoms with Crippen molar-refractivity contribution in [2.75, 3.05) is 20.3 Å². The fourth-order valence-electron chi connectivity index (χ4n) is 4.86. The number of phosphoric acid groups is 1. The molecule has 0 aromatic heterocycles. The van der Waals surface area contributed by atoms with Crippen LogP contribution in [0.3, 0.4) is 0 Å². The van der Waals surface area contributed by atoms with Gasteiger partial charge in [0.1, 0.15) is 6.61 Å². The van der Waals surface area contributed by atoms with Crippen LogP contribution in [0.1, 0.15) is 168 Å². The summed E-state index contributed by atoms with van der Waals surface area (Å²) in [5.74, 6) is -0.819. The van der Waals surface area contributed by atoms with E-state index in [1.165, 1.54) is 77.0 Å². The Hall–Kier alpha value is -1.47. The number of allylic oxidation sites excluding steroid dienone is 4. The van der Waals surface area contributed by atoms with Gasteiger partial charge < -0.3 is 14.4 Å². The summed E-state index contributed by atoms with van der Waals surface area (Å²) in [5, 5.41) is 0. The van der Waals surface area contributed by atoms with Crippen LogP contribution in [0.15, 0.2) is 24.3 Å². The molecular formula is C36H67O8P. The first-order valence-electron chi connectivity index (χ1n) is 18.0. The number of carbonyl (C=O) groups is 2. The number of ether oxygens (including phenoxy) is 2. The summed E-state index contributed by atoms with van der Waals surface area (Å²) in [7, 11) is -3.20. The van der Waals surface area contributed by atoms with Gasteiger partial charge in [-0.25, -0.2) is 4.57 Å². The van der Waals surface area contributed by atoms with Gasteiger partial charge in [-0.1, -0.05) is 134 Å². The first kappa shape index (κ1) is 43.5. The minimum Gasteiger partial charge on any atom is -0.462 e. The zero-order valence-electron chi connectivity index (χ0n) is 29.0. The number of hydrogen-bond donors (Lipinski definition) is 1. The molecule has 0 rings (SSSR count). The number of rotatable bonds is 33. The molecule has 0 fully saturated rings. The third-order valence-corrected chi connectivity index (χ3v) is 8.64. The Labute approximate surface area is 275 Å². The maximum atomic E-state index is 12.4. The van der Waals surface area contributed by atoms with E-state index in [0.717, 1.165) is 64.9 Å². The predicted octanol–water partition coefficient (Wildman–Crippen LogP) is 10.7. The predicted molar refractivity (Wildman–Crippen MR) is 184 cm³/mol. The van der Waals surface area contributed by atoms with E-state index in [9.17, 15) is 19.0 Å². The van der Waals surface area contributed by atoms with Crippen molar-refractivity contribution < 1.29 is 37.6 Å². The van der Waals surface area contributed by atoms with E-state index in [4.69, 9.17) is 14.0 Å². The molecule has 2 unspecified atom stereocenters. The number of phosphoric ester groups is 1. The normalized spacial score (nSPS) is 13.8. The van der Waals surface area contributed by atoms with Crippen LogP contribution in [0.2, 0.25) is 0 Å². The minimum atomic E-state index is -4.25. The Balaban J connectivity index is 4.11. The molecule has 1 N–H and O–H groups in total. The van der Waals surface area contributed by atoms with Crippen molar-refractivity contribution in [3.63, 3.8) is 0 Å². The number of esters is 2. The van der Waals surface area contributed by atoms with Gasteiger partial charge in [-0.3, -0.25) is 18.6 Å². The topological polar surface area (TPSA) is 108 Å². The highest BCUT2D eigenvalue weighted by Crippen LogP contribution is 2.42. The molecule has 0 heterocycles. The van der Waals surface area contributed by atoms with Gasteiger partial charge in [0.05, 0.1) is 6.61 Å². The fourth-order valence-corrected chi connectivity index (χ4v) is 5.32. The van der Waals surface area contributed by atoms with Gasteiger partial charge in [-0.15, -0.1) is 0 Å². The van der Waals surface area contributed by atoms with Gasteiger partial charge in [0.15, 0.2) is 6.10 Å². The SMILES string of the molecule is CCCCC/C=C\C/C=C\CCCCCCCC(=O)OC(COC(=O)CCCCCCCCCCCCC)COP(=O)(O)OC. The number of unbranched alkanes of at least 4 members (excludes halogenated alkanes) is 18. The highest BCUT2D eigenvalue weighted by atomic mass is 31.2. The van der Waals surface area contributed by atoms with Crippen molar-refractivity contribution in [1.82, 2.24) is 0 Å². The molecule has 0 aromatic rings. The van der Waals surface area contributed by atoms with Crippen molar-refractivity contribution in [3.05, 3.63) is 24.3 Å². The molecule has 0 aliphatic rings. The van der Waals surface area contributed by atoms with Crippen molar-refractivity contribution in [3.8, 4) is 0 Å².